The quantitative estimate of drug-likeness (QED) is 0.264. The van der Waals surface area contributed by atoms with E-state index in [1.807, 2.05) is 6.92 Å². The molecule has 1 aliphatic heterocycles. The highest BCUT2D eigenvalue weighted by Gasteiger charge is 2.63. The number of para-hydroxylation sites is 1. The summed E-state index contributed by atoms with van der Waals surface area (Å²) < 4.78 is 49.0. The third-order valence-electron chi connectivity index (χ3n) is 9.93. The van der Waals surface area contributed by atoms with E-state index in [9.17, 15) is 27.9 Å². The van der Waals surface area contributed by atoms with Gasteiger partial charge in [0.1, 0.15) is 17.0 Å². The summed E-state index contributed by atoms with van der Waals surface area (Å²) in [5.41, 5.74) is 3.70. The van der Waals surface area contributed by atoms with Gasteiger partial charge in [-0.2, -0.15) is 18.3 Å². The van der Waals surface area contributed by atoms with Crippen LogP contribution in [0.5, 0.6) is 5.75 Å². The molecule has 2 aliphatic carbocycles. The summed E-state index contributed by atoms with van der Waals surface area (Å²) in [7, 11) is 1.58. The second-order valence-corrected chi connectivity index (χ2v) is 12.8. The maximum absolute atomic E-state index is 13.1. The van der Waals surface area contributed by atoms with Crippen LogP contribution in [0.15, 0.2) is 36.5 Å². The van der Waals surface area contributed by atoms with Gasteiger partial charge in [-0.1, -0.05) is 18.2 Å². The van der Waals surface area contributed by atoms with Gasteiger partial charge in [0.2, 0.25) is 5.91 Å². The molecule has 1 aromatic carbocycles. The van der Waals surface area contributed by atoms with Crippen LogP contribution in [0.25, 0.3) is 27.8 Å². The van der Waals surface area contributed by atoms with Crippen molar-refractivity contribution in [2.24, 2.45) is 11.8 Å². The Kier molecular flexibility index (Phi) is 6.80. The van der Waals surface area contributed by atoms with Crippen molar-refractivity contribution in [3.63, 3.8) is 0 Å². The van der Waals surface area contributed by atoms with Crippen molar-refractivity contribution < 1.29 is 32.6 Å². The smallest absolute Gasteiger partial charge is 0.417 e. The molecule has 0 spiro atoms. The van der Waals surface area contributed by atoms with E-state index in [0.717, 1.165) is 46.2 Å². The number of carbonyl (C=O) groups is 2. The summed E-state index contributed by atoms with van der Waals surface area (Å²) in [6.45, 7) is 3.83. The maximum Gasteiger partial charge on any atom is 0.417 e. The molecule has 44 heavy (non-hydrogen) atoms. The molecule has 3 fully saturated rings. The number of fused-ring (bicyclic) bond motifs is 2. The average molecular weight is 609 g/mol. The van der Waals surface area contributed by atoms with E-state index in [4.69, 9.17) is 9.84 Å². The number of likely N-dealkylation sites (tertiary alicyclic amines) is 1. The number of nitrogens with zero attached hydrogens (tertiary/aromatic N) is 4. The summed E-state index contributed by atoms with van der Waals surface area (Å²) in [4.78, 5) is 26.2. The number of hydrogen-bond donors (Lipinski definition) is 1. The fraction of sp³-hybridized carbons (Fsp3) is 0.485. The lowest BCUT2D eigenvalue weighted by molar-refractivity contribution is -0.296. The SMILES string of the molecule is COc1cc(C=O)cn2nc(-c3cc4cccc(C5CCN(C(=O)C6CC(O)(C(F)(F)F)C6)CC5)c4n3CC3CC3)c(C)c12. The molecule has 0 unspecified atom stereocenters. The molecule has 11 heteroatoms. The first-order valence-electron chi connectivity index (χ1n) is 15.2. The number of piperidine rings is 1. The lowest BCUT2D eigenvalue weighted by Gasteiger charge is -2.45. The van der Waals surface area contributed by atoms with Gasteiger partial charge in [0, 0.05) is 48.3 Å². The minimum absolute atomic E-state index is 0.189. The molecular weight excluding hydrogens is 573 g/mol. The zero-order valence-electron chi connectivity index (χ0n) is 24.7. The zero-order chi connectivity index (χ0) is 31.0. The van der Waals surface area contributed by atoms with Crippen LogP contribution in [-0.2, 0) is 11.3 Å². The summed E-state index contributed by atoms with van der Waals surface area (Å²) in [6.07, 6.45) is 0.434. The van der Waals surface area contributed by atoms with Gasteiger partial charge < -0.3 is 19.3 Å². The molecule has 3 aliphatic rings. The molecule has 1 saturated heterocycles. The highest BCUT2D eigenvalue weighted by molar-refractivity contribution is 5.91. The number of rotatable bonds is 7. The molecule has 0 bridgehead atoms. The Bertz CT molecular complexity index is 1770. The number of alkyl halides is 3. The van der Waals surface area contributed by atoms with Crippen LogP contribution in [0.2, 0.25) is 0 Å². The first-order chi connectivity index (χ1) is 21.0. The highest BCUT2D eigenvalue weighted by Crippen LogP contribution is 2.49. The van der Waals surface area contributed by atoms with E-state index in [0.29, 0.717) is 43.2 Å². The average Bonchev–Trinajstić information content (AvgIpc) is 3.66. The predicted octanol–water partition coefficient (Wildman–Crippen LogP) is 5.90. The zero-order valence-corrected chi connectivity index (χ0v) is 24.7. The molecule has 8 nitrogen and oxygen atoms in total. The number of halogens is 3. The van der Waals surface area contributed by atoms with Crippen LogP contribution >= 0.6 is 0 Å². The van der Waals surface area contributed by atoms with Gasteiger partial charge in [0.25, 0.3) is 0 Å². The topological polar surface area (TPSA) is 89.1 Å². The van der Waals surface area contributed by atoms with E-state index < -0.39 is 30.5 Å². The second kappa shape index (κ2) is 10.4. The largest absolute Gasteiger partial charge is 0.494 e. The lowest BCUT2D eigenvalue weighted by atomic mass is 9.69. The third kappa shape index (κ3) is 4.67. The summed E-state index contributed by atoms with van der Waals surface area (Å²) >= 11 is 0. The Balaban J connectivity index is 1.20. The number of hydrogen-bond acceptors (Lipinski definition) is 5. The number of aldehydes is 1. The van der Waals surface area contributed by atoms with Crippen LogP contribution in [0.1, 0.15) is 65.9 Å². The van der Waals surface area contributed by atoms with E-state index in [-0.39, 0.29) is 11.8 Å². The molecule has 232 valence electrons. The molecule has 0 atom stereocenters. The standard InChI is InChI=1S/C33H35F3N4O4/c1-19-28(37-40-17-21(18-41)12-27(44-2)29(19)40)26-13-23-4-3-5-25(30(23)39(26)16-20-6-7-20)22-8-10-38(11-9-22)31(42)24-14-32(43,15-24)33(34,35)36/h3-5,12-13,17-18,20,22,24,43H,6-11,14-16H2,1-2H3. The molecule has 0 radical (unpaired) electrons. The number of aliphatic hydroxyl groups is 1. The molecule has 7 rings (SSSR count). The number of carbonyl (C=O) groups excluding carboxylic acids is 2. The summed E-state index contributed by atoms with van der Waals surface area (Å²) in [6, 6.07) is 10.2. The Morgan fingerprint density at radius 2 is 1.86 bits per heavy atom. The van der Waals surface area contributed by atoms with Crippen molar-refractivity contribution in [3.05, 3.63) is 53.2 Å². The van der Waals surface area contributed by atoms with Gasteiger partial charge in [-0.05, 0) is 75.0 Å². The van der Waals surface area contributed by atoms with Gasteiger partial charge in [-0.3, -0.25) is 9.59 Å². The number of aromatic nitrogens is 3. The van der Waals surface area contributed by atoms with Gasteiger partial charge >= 0.3 is 6.18 Å². The van der Waals surface area contributed by atoms with Crippen molar-refractivity contribution in [1.82, 2.24) is 19.1 Å². The minimum atomic E-state index is -4.71. The minimum Gasteiger partial charge on any atom is -0.494 e. The van der Waals surface area contributed by atoms with Gasteiger partial charge in [-0.25, -0.2) is 4.52 Å². The molecule has 1 amide bonds. The third-order valence-corrected chi connectivity index (χ3v) is 9.93. The van der Waals surface area contributed by atoms with E-state index in [1.165, 1.54) is 18.4 Å². The van der Waals surface area contributed by atoms with Crippen LogP contribution in [0.4, 0.5) is 13.2 Å². The van der Waals surface area contributed by atoms with Crippen LogP contribution in [-0.4, -0.2) is 68.4 Å². The highest BCUT2D eigenvalue weighted by atomic mass is 19.4. The first kappa shape index (κ1) is 28.9. The molecule has 4 heterocycles. The maximum atomic E-state index is 13.1. The van der Waals surface area contributed by atoms with Gasteiger partial charge in [0.05, 0.1) is 18.3 Å². The number of amides is 1. The van der Waals surface area contributed by atoms with Crippen LogP contribution in [0, 0.1) is 18.8 Å². The summed E-state index contributed by atoms with van der Waals surface area (Å²) in [5, 5.41) is 15.9. The molecule has 3 aromatic heterocycles. The number of methoxy groups -OCH3 is 1. The van der Waals surface area contributed by atoms with Crippen molar-refractivity contribution in [2.75, 3.05) is 20.2 Å². The fourth-order valence-electron chi connectivity index (χ4n) is 7.23. The Morgan fingerprint density at radius 3 is 2.50 bits per heavy atom. The van der Waals surface area contributed by atoms with Crippen molar-refractivity contribution in [2.45, 2.75) is 69.7 Å². The molecule has 4 aromatic rings. The van der Waals surface area contributed by atoms with Gasteiger partial charge in [-0.15, -0.1) is 0 Å². The number of pyridine rings is 1. The second-order valence-electron chi connectivity index (χ2n) is 12.8. The Morgan fingerprint density at radius 1 is 1.14 bits per heavy atom. The molecule has 2 saturated carbocycles. The molecule has 1 N–H and O–H groups in total. The Labute approximate surface area is 252 Å². The summed E-state index contributed by atoms with van der Waals surface area (Å²) in [5.74, 6) is 0.292. The normalized spacial score (nSPS) is 22.9. The van der Waals surface area contributed by atoms with E-state index in [2.05, 4.69) is 28.8 Å². The van der Waals surface area contributed by atoms with Crippen LogP contribution < -0.4 is 4.74 Å². The number of aryl methyl sites for hydroxylation is 1. The first-order valence-corrected chi connectivity index (χ1v) is 15.2. The predicted molar refractivity (Wildman–Crippen MR) is 158 cm³/mol. The van der Waals surface area contributed by atoms with Crippen molar-refractivity contribution in [1.29, 1.82) is 0 Å². The Hall–Kier alpha value is -3.86. The van der Waals surface area contributed by atoms with E-state index >= 15 is 0 Å². The fourth-order valence-corrected chi connectivity index (χ4v) is 7.23. The van der Waals surface area contributed by atoms with Crippen molar-refractivity contribution >= 4 is 28.6 Å². The monoisotopic (exact) mass is 608 g/mol. The number of ether oxygens (including phenoxy) is 1. The van der Waals surface area contributed by atoms with Gasteiger partial charge in [0.15, 0.2) is 11.9 Å². The molecular formula is C33H35F3N4O4. The number of benzene rings is 1. The lowest BCUT2D eigenvalue weighted by Crippen LogP contribution is -2.59. The van der Waals surface area contributed by atoms with Crippen LogP contribution in [0.3, 0.4) is 0 Å². The van der Waals surface area contributed by atoms with Crippen molar-refractivity contribution in [3.8, 4) is 17.1 Å². The van der Waals surface area contributed by atoms with E-state index in [1.54, 1.807) is 28.8 Å².